The zero-order valence-electron chi connectivity index (χ0n) is 16.1. The summed E-state index contributed by atoms with van der Waals surface area (Å²) in [7, 11) is 0. The van der Waals surface area contributed by atoms with Gasteiger partial charge in [-0.1, -0.05) is 42.5 Å². The molecule has 0 unspecified atom stereocenters. The van der Waals surface area contributed by atoms with Crippen LogP contribution in [0.15, 0.2) is 78.9 Å². The van der Waals surface area contributed by atoms with Crippen LogP contribution in [0.4, 0.5) is 4.39 Å². The van der Waals surface area contributed by atoms with E-state index >= 15 is 0 Å². The Hall–Kier alpha value is -3.18. The van der Waals surface area contributed by atoms with Gasteiger partial charge in [-0.15, -0.1) is 0 Å². The van der Waals surface area contributed by atoms with Crippen molar-refractivity contribution in [3.63, 3.8) is 0 Å². The van der Waals surface area contributed by atoms with E-state index in [-0.39, 0.29) is 11.5 Å². The largest absolute Gasteiger partial charge is 0.457 e. The minimum atomic E-state index is -0.463. The molecule has 0 aliphatic carbocycles. The fourth-order valence-electron chi connectivity index (χ4n) is 3.50. The Morgan fingerprint density at radius 2 is 1.52 bits per heavy atom. The monoisotopic (exact) mass is 390 g/mol. The van der Waals surface area contributed by atoms with Gasteiger partial charge in [0.15, 0.2) is 0 Å². The van der Waals surface area contributed by atoms with E-state index in [0.29, 0.717) is 13.1 Å². The molecule has 1 saturated heterocycles. The summed E-state index contributed by atoms with van der Waals surface area (Å²) < 4.78 is 19.8. The highest BCUT2D eigenvalue weighted by atomic mass is 19.1. The maximum atomic E-state index is 13.9. The maximum absolute atomic E-state index is 13.9. The smallest absolute Gasteiger partial charge is 0.256 e. The molecule has 4 nitrogen and oxygen atoms in total. The lowest BCUT2D eigenvalue weighted by Crippen LogP contribution is -2.48. The molecule has 1 heterocycles. The van der Waals surface area contributed by atoms with Crippen LogP contribution in [0.1, 0.15) is 15.9 Å². The van der Waals surface area contributed by atoms with Gasteiger partial charge in [-0.2, -0.15) is 0 Å². The molecule has 0 N–H and O–H groups in total. The number of piperazine rings is 1. The Morgan fingerprint density at radius 3 is 2.28 bits per heavy atom. The number of amides is 1. The molecule has 0 spiro atoms. The minimum absolute atomic E-state index is 0.145. The van der Waals surface area contributed by atoms with Crippen molar-refractivity contribution in [2.75, 3.05) is 26.2 Å². The normalized spacial score (nSPS) is 14.6. The third-order valence-electron chi connectivity index (χ3n) is 5.05. The number of hydrogen-bond donors (Lipinski definition) is 0. The molecule has 0 saturated carbocycles. The molecule has 4 rings (SSSR count). The predicted octanol–water partition coefficient (Wildman–Crippen LogP) is 4.58. The van der Waals surface area contributed by atoms with Gasteiger partial charge in [-0.25, -0.2) is 4.39 Å². The van der Waals surface area contributed by atoms with Gasteiger partial charge in [0.2, 0.25) is 0 Å². The maximum Gasteiger partial charge on any atom is 0.256 e. The number of para-hydroxylation sites is 1. The zero-order valence-corrected chi connectivity index (χ0v) is 16.1. The second-order valence-electron chi connectivity index (χ2n) is 7.11. The highest BCUT2D eigenvalue weighted by Crippen LogP contribution is 2.23. The van der Waals surface area contributed by atoms with Crippen molar-refractivity contribution in [3.8, 4) is 11.5 Å². The van der Waals surface area contributed by atoms with Gasteiger partial charge in [0.25, 0.3) is 5.91 Å². The first-order chi connectivity index (χ1) is 14.2. The van der Waals surface area contributed by atoms with Gasteiger partial charge < -0.3 is 9.64 Å². The standard InChI is InChI=1S/C24H23FN2O2/c25-23-12-5-4-11-22(23)24(28)27-15-13-26(14-16-27)18-19-7-6-10-21(17-19)29-20-8-2-1-3-9-20/h1-12,17H,13-16,18H2. The number of benzene rings is 3. The van der Waals surface area contributed by atoms with Crippen molar-refractivity contribution in [1.82, 2.24) is 9.80 Å². The third-order valence-corrected chi connectivity index (χ3v) is 5.05. The molecule has 3 aromatic rings. The molecule has 1 aliphatic heterocycles. The molecule has 0 aromatic heterocycles. The summed E-state index contributed by atoms with van der Waals surface area (Å²) >= 11 is 0. The molecule has 1 aliphatic rings. The van der Waals surface area contributed by atoms with Crippen molar-refractivity contribution >= 4 is 5.91 Å². The summed E-state index contributed by atoms with van der Waals surface area (Å²) in [4.78, 5) is 16.6. The average Bonchev–Trinajstić information content (AvgIpc) is 2.75. The van der Waals surface area contributed by atoms with Gasteiger partial charge in [0, 0.05) is 32.7 Å². The Bertz CT molecular complexity index is 969. The van der Waals surface area contributed by atoms with E-state index in [1.807, 2.05) is 48.5 Å². The minimum Gasteiger partial charge on any atom is -0.457 e. The van der Waals surface area contributed by atoms with E-state index in [4.69, 9.17) is 4.74 Å². The second kappa shape index (κ2) is 8.88. The molecule has 0 bridgehead atoms. The van der Waals surface area contributed by atoms with Gasteiger partial charge >= 0.3 is 0 Å². The van der Waals surface area contributed by atoms with Crippen LogP contribution < -0.4 is 4.74 Å². The molecule has 3 aromatic carbocycles. The van der Waals surface area contributed by atoms with E-state index in [1.165, 1.54) is 6.07 Å². The number of rotatable bonds is 5. The van der Waals surface area contributed by atoms with Crippen LogP contribution in [0.3, 0.4) is 0 Å². The summed E-state index contributed by atoms with van der Waals surface area (Å²) in [6, 6.07) is 23.9. The number of carbonyl (C=O) groups is 1. The first kappa shape index (κ1) is 19.2. The number of hydrogen-bond acceptors (Lipinski definition) is 3. The van der Waals surface area contributed by atoms with E-state index < -0.39 is 5.82 Å². The van der Waals surface area contributed by atoms with Crippen molar-refractivity contribution < 1.29 is 13.9 Å². The Labute approximate surface area is 170 Å². The highest BCUT2D eigenvalue weighted by Gasteiger charge is 2.23. The van der Waals surface area contributed by atoms with Crippen molar-refractivity contribution in [3.05, 3.63) is 95.8 Å². The van der Waals surface area contributed by atoms with Crippen LogP contribution in [0.2, 0.25) is 0 Å². The average molecular weight is 390 g/mol. The number of halogens is 1. The molecule has 148 valence electrons. The number of ether oxygens (including phenoxy) is 1. The van der Waals surface area contributed by atoms with Gasteiger partial charge in [-0.3, -0.25) is 9.69 Å². The highest BCUT2D eigenvalue weighted by molar-refractivity contribution is 5.94. The molecular formula is C24H23FN2O2. The van der Waals surface area contributed by atoms with E-state index in [0.717, 1.165) is 36.7 Å². The van der Waals surface area contributed by atoms with Crippen LogP contribution >= 0.6 is 0 Å². The van der Waals surface area contributed by atoms with Crippen molar-refractivity contribution in [2.45, 2.75) is 6.54 Å². The molecule has 29 heavy (non-hydrogen) atoms. The van der Waals surface area contributed by atoms with Crippen LogP contribution in [0.25, 0.3) is 0 Å². The molecule has 5 heteroatoms. The first-order valence-electron chi connectivity index (χ1n) is 9.77. The topological polar surface area (TPSA) is 32.8 Å². The van der Waals surface area contributed by atoms with Crippen molar-refractivity contribution in [2.24, 2.45) is 0 Å². The molecule has 1 fully saturated rings. The lowest BCUT2D eigenvalue weighted by molar-refractivity contribution is 0.0624. The fraction of sp³-hybridized carbons (Fsp3) is 0.208. The zero-order chi connectivity index (χ0) is 20.1. The number of nitrogens with zero attached hydrogens (tertiary/aromatic N) is 2. The molecular weight excluding hydrogens is 367 g/mol. The summed E-state index contributed by atoms with van der Waals surface area (Å²) in [5.74, 6) is 0.920. The summed E-state index contributed by atoms with van der Waals surface area (Å²) in [6.45, 7) is 3.47. The quantitative estimate of drug-likeness (QED) is 0.640. The van der Waals surface area contributed by atoms with Crippen LogP contribution in [0, 0.1) is 5.82 Å². The van der Waals surface area contributed by atoms with Crippen LogP contribution in [-0.4, -0.2) is 41.9 Å². The van der Waals surface area contributed by atoms with Gasteiger partial charge in [0.1, 0.15) is 17.3 Å². The van der Waals surface area contributed by atoms with Gasteiger partial charge in [0.05, 0.1) is 5.56 Å². The molecule has 1 amide bonds. The van der Waals surface area contributed by atoms with Crippen LogP contribution in [0.5, 0.6) is 11.5 Å². The Balaban J connectivity index is 1.33. The lowest BCUT2D eigenvalue weighted by atomic mass is 10.1. The Kier molecular flexibility index (Phi) is 5.86. The van der Waals surface area contributed by atoms with Crippen LogP contribution in [-0.2, 0) is 6.54 Å². The SMILES string of the molecule is O=C(c1ccccc1F)N1CCN(Cc2cccc(Oc3ccccc3)c2)CC1. The number of carbonyl (C=O) groups excluding carboxylic acids is 1. The van der Waals surface area contributed by atoms with E-state index in [9.17, 15) is 9.18 Å². The van der Waals surface area contributed by atoms with E-state index in [1.54, 1.807) is 23.1 Å². The third kappa shape index (κ3) is 4.81. The van der Waals surface area contributed by atoms with E-state index in [2.05, 4.69) is 11.0 Å². The Morgan fingerprint density at radius 1 is 0.828 bits per heavy atom. The van der Waals surface area contributed by atoms with Gasteiger partial charge in [-0.05, 0) is 42.0 Å². The van der Waals surface area contributed by atoms with Crippen molar-refractivity contribution in [1.29, 1.82) is 0 Å². The second-order valence-corrected chi connectivity index (χ2v) is 7.11. The summed E-state index contributed by atoms with van der Waals surface area (Å²) in [5, 5.41) is 0. The first-order valence-corrected chi connectivity index (χ1v) is 9.77. The fourth-order valence-corrected chi connectivity index (χ4v) is 3.50. The molecule has 0 radical (unpaired) electrons. The summed E-state index contributed by atoms with van der Waals surface area (Å²) in [5.41, 5.74) is 1.30. The lowest BCUT2D eigenvalue weighted by Gasteiger charge is -2.34. The predicted molar refractivity (Wildman–Crippen MR) is 111 cm³/mol. The molecule has 0 atom stereocenters. The summed E-state index contributed by atoms with van der Waals surface area (Å²) in [6.07, 6.45) is 0.